The molecule has 7 heteroatoms. The molecule has 1 amide bonds. The van der Waals surface area contributed by atoms with Crippen LogP contribution < -0.4 is 15.4 Å². The zero-order chi connectivity index (χ0) is 16.8. The number of nitrogens with zero attached hydrogens (tertiary/aromatic N) is 2. The van der Waals surface area contributed by atoms with Crippen molar-refractivity contribution in [3.63, 3.8) is 0 Å². The highest BCUT2D eigenvalue weighted by molar-refractivity contribution is 5.67. The van der Waals surface area contributed by atoms with Gasteiger partial charge in [0.1, 0.15) is 5.60 Å². The van der Waals surface area contributed by atoms with Crippen molar-refractivity contribution in [2.24, 2.45) is 0 Å². The number of aromatic nitrogens is 2. The molecule has 0 bridgehead atoms. The van der Waals surface area contributed by atoms with Gasteiger partial charge in [-0.15, -0.1) is 0 Å². The summed E-state index contributed by atoms with van der Waals surface area (Å²) in [5.41, 5.74) is 0.313. The normalized spacial score (nSPS) is 11.2. The molecule has 0 saturated heterocycles. The molecule has 0 unspecified atom stereocenters. The van der Waals surface area contributed by atoms with Gasteiger partial charge in [-0.1, -0.05) is 0 Å². The van der Waals surface area contributed by atoms with Crippen molar-refractivity contribution in [1.82, 2.24) is 15.3 Å². The molecule has 0 aromatic carbocycles. The van der Waals surface area contributed by atoms with Gasteiger partial charge in [0.05, 0.1) is 6.10 Å². The summed E-state index contributed by atoms with van der Waals surface area (Å²) in [7, 11) is 0. The molecular formula is C15H26N4O3. The predicted molar refractivity (Wildman–Crippen MR) is 85.3 cm³/mol. The number of anilines is 1. The van der Waals surface area contributed by atoms with Crippen LogP contribution in [0.2, 0.25) is 0 Å². The second-order valence-electron chi connectivity index (χ2n) is 6.19. The standard InChI is InChI=1S/C15H26N4O3/c1-10(2)21-12-9-11(3)18-13(19-12)16-7-8-17-14(20)22-15(4,5)6/h9-10H,7-8H2,1-6H3,(H,17,20)(H,16,18,19). The second-order valence-corrected chi connectivity index (χ2v) is 6.19. The number of aryl methyl sites for hydroxylation is 1. The molecule has 1 aromatic rings. The van der Waals surface area contributed by atoms with Crippen LogP contribution in [-0.2, 0) is 4.74 Å². The van der Waals surface area contributed by atoms with Gasteiger partial charge in [-0.05, 0) is 41.5 Å². The molecule has 0 atom stereocenters. The summed E-state index contributed by atoms with van der Waals surface area (Å²) >= 11 is 0. The van der Waals surface area contributed by atoms with Crippen molar-refractivity contribution in [3.8, 4) is 5.88 Å². The fourth-order valence-electron chi connectivity index (χ4n) is 1.57. The molecule has 0 aliphatic heterocycles. The summed E-state index contributed by atoms with van der Waals surface area (Å²) in [5.74, 6) is 1.01. The molecule has 2 N–H and O–H groups in total. The number of ether oxygens (including phenoxy) is 2. The minimum absolute atomic E-state index is 0.0518. The van der Waals surface area contributed by atoms with E-state index in [1.54, 1.807) is 6.07 Å². The molecule has 7 nitrogen and oxygen atoms in total. The lowest BCUT2D eigenvalue weighted by molar-refractivity contribution is 0.0530. The SMILES string of the molecule is Cc1cc(OC(C)C)nc(NCCNC(=O)OC(C)(C)C)n1. The third-order valence-electron chi connectivity index (χ3n) is 2.26. The Kier molecular flexibility index (Phi) is 6.39. The number of carbonyl (C=O) groups is 1. The number of amides is 1. The van der Waals surface area contributed by atoms with Crippen molar-refractivity contribution < 1.29 is 14.3 Å². The van der Waals surface area contributed by atoms with E-state index < -0.39 is 11.7 Å². The van der Waals surface area contributed by atoms with E-state index in [0.717, 1.165) is 5.69 Å². The summed E-state index contributed by atoms with van der Waals surface area (Å²) in [6.07, 6.45) is -0.390. The molecular weight excluding hydrogens is 284 g/mol. The summed E-state index contributed by atoms with van der Waals surface area (Å²) in [5, 5.41) is 5.71. The minimum Gasteiger partial charge on any atom is -0.475 e. The van der Waals surface area contributed by atoms with Gasteiger partial charge in [-0.2, -0.15) is 4.98 Å². The number of rotatable bonds is 6. The molecule has 22 heavy (non-hydrogen) atoms. The highest BCUT2D eigenvalue weighted by Crippen LogP contribution is 2.13. The molecule has 0 aliphatic rings. The highest BCUT2D eigenvalue weighted by atomic mass is 16.6. The van der Waals surface area contributed by atoms with Crippen molar-refractivity contribution in [2.75, 3.05) is 18.4 Å². The average molecular weight is 310 g/mol. The van der Waals surface area contributed by atoms with E-state index in [4.69, 9.17) is 9.47 Å². The first-order valence-corrected chi connectivity index (χ1v) is 7.39. The maximum Gasteiger partial charge on any atom is 0.407 e. The van der Waals surface area contributed by atoms with Crippen molar-refractivity contribution in [3.05, 3.63) is 11.8 Å². The van der Waals surface area contributed by atoms with E-state index >= 15 is 0 Å². The van der Waals surface area contributed by atoms with E-state index in [0.29, 0.717) is 24.9 Å². The quantitative estimate of drug-likeness (QED) is 0.785. The summed E-state index contributed by atoms with van der Waals surface area (Å²) < 4.78 is 10.7. The molecule has 0 spiro atoms. The topological polar surface area (TPSA) is 85.4 Å². The smallest absolute Gasteiger partial charge is 0.407 e. The maximum atomic E-state index is 11.5. The average Bonchev–Trinajstić information content (AvgIpc) is 2.31. The predicted octanol–water partition coefficient (Wildman–Crippen LogP) is 2.51. The maximum absolute atomic E-state index is 11.5. The van der Waals surface area contributed by atoms with E-state index in [9.17, 15) is 4.79 Å². The summed E-state index contributed by atoms with van der Waals surface area (Å²) in [6.45, 7) is 12.1. The summed E-state index contributed by atoms with van der Waals surface area (Å²) in [4.78, 5) is 20.0. The van der Waals surface area contributed by atoms with Crippen molar-refractivity contribution >= 4 is 12.0 Å². The Balaban J connectivity index is 2.42. The molecule has 0 fully saturated rings. The van der Waals surface area contributed by atoms with E-state index in [1.807, 2.05) is 41.5 Å². The summed E-state index contributed by atoms with van der Waals surface area (Å²) in [6, 6.07) is 1.78. The number of carbonyl (C=O) groups excluding carboxylic acids is 1. The van der Waals surface area contributed by atoms with E-state index in [1.165, 1.54) is 0 Å². The van der Waals surface area contributed by atoms with Gasteiger partial charge >= 0.3 is 6.09 Å². The lowest BCUT2D eigenvalue weighted by atomic mass is 10.2. The van der Waals surface area contributed by atoms with Crippen LogP contribution in [0.4, 0.5) is 10.7 Å². The van der Waals surface area contributed by atoms with Crippen LogP contribution in [0, 0.1) is 6.92 Å². The zero-order valence-electron chi connectivity index (χ0n) is 14.2. The lowest BCUT2D eigenvalue weighted by Crippen LogP contribution is -2.35. The third-order valence-corrected chi connectivity index (χ3v) is 2.26. The zero-order valence-corrected chi connectivity index (χ0v) is 14.2. The largest absolute Gasteiger partial charge is 0.475 e. The van der Waals surface area contributed by atoms with Crippen LogP contribution in [-0.4, -0.2) is 40.9 Å². The first kappa shape index (κ1) is 18.0. The molecule has 1 rings (SSSR count). The van der Waals surface area contributed by atoms with Gasteiger partial charge in [0.25, 0.3) is 0 Å². The second kappa shape index (κ2) is 7.82. The van der Waals surface area contributed by atoms with Crippen LogP contribution in [0.3, 0.4) is 0 Å². The lowest BCUT2D eigenvalue weighted by Gasteiger charge is -2.19. The number of nitrogens with one attached hydrogen (secondary N) is 2. The highest BCUT2D eigenvalue weighted by Gasteiger charge is 2.15. The van der Waals surface area contributed by atoms with Gasteiger partial charge in [0.15, 0.2) is 0 Å². The van der Waals surface area contributed by atoms with Crippen LogP contribution in [0.5, 0.6) is 5.88 Å². The molecule has 0 saturated carbocycles. The first-order valence-electron chi connectivity index (χ1n) is 7.39. The Morgan fingerprint density at radius 1 is 1.27 bits per heavy atom. The first-order chi connectivity index (χ1) is 10.2. The number of hydrogen-bond donors (Lipinski definition) is 2. The Labute approximate surface area is 131 Å². The van der Waals surface area contributed by atoms with E-state index in [-0.39, 0.29) is 6.10 Å². The van der Waals surface area contributed by atoms with Crippen molar-refractivity contribution in [2.45, 2.75) is 53.2 Å². The Bertz CT molecular complexity index is 498. The number of hydrogen-bond acceptors (Lipinski definition) is 6. The van der Waals surface area contributed by atoms with Gasteiger partial charge in [-0.25, -0.2) is 9.78 Å². The monoisotopic (exact) mass is 310 g/mol. The van der Waals surface area contributed by atoms with Crippen LogP contribution in [0.1, 0.15) is 40.3 Å². The molecule has 124 valence electrons. The van der Waals surface area contributed by atoms with Crippen molar-refractivity contribution in [1.29, 1.82) is 0 Å². The van der Waals surface area contributed by atoms with Crippen LogP contribution in [0.25, 0.3) is 0 Å². The fraction of sp³-hybridized carbons (Fsp3) is 0.667. The molecule has 1 aromatic heterocycles. The molecule has 0 aliphatic carbocycles. The third kappa shape index (κ3) is 7.66. The van der Waals surface area contributed by atoms with E-state index in [2.05, 4.69) is 20.6 Å². The molecule has 0 radical (unpaired) electrons. The fourth-order valence-corrected chi connectivity index (χ4v) is 1.57. The molecule has 1 heterocycles. The van der Waals surface area contributed by atoms with Gasteiger partial charge < -0.3 is 20.1 Å². The van der Waals surface area contributed by atoms with Crippen LogP contribution in [0.15, 0.2) is 6.07 Å². The van der Waals surface area contributed by atoms with Gasteiger partial charge in [0.2, 0.25) is 11.8 Å². The van der Waals surface area contributed by atoms with Crippen LogP contribution >= 0.6 is 0 Å². The van der Waals surface area contributed by atoms with Gasteiger partial charge in [-0.3, -0.25) is 0 Å². The number of alkyl carbamates (subject to hydrolysis) is 1. The Morgan fingerprint density at radius 2 is 1.95 bits per heavy atom. The van der Waals surface area contributed by atoms with Gasteiger partial charge in [0, 0.05) is 24.8 Å². The minimum atomic E-state index is -0.500. The Hall–Kier alpha value is -2.05. The Morgan fingerprint density at radius 3 is 2.55 bits per heavy atom.